The predicted octanol–water partition coefficient (Wildman–Crippen LogP) is 2.59. The van der Waals surface area contributed by atoms with Crippen LogP contribution in [-0.4, -0.2) is 10.1 Å². The van der Waals surface area contributed by atoms with Crippen LogP contribution in [0, 0.1) is 6.92 Å². The standard InChI is InChI=1S/C13H9NO.C11H13NO.Be/c15-11-5-1-3-9-6-7-10-4-2-8-14-13(10)12(9)11;1-4-10(13)9(3)11-8(2)6-5-7-12-11;/h1-8,15H;4-7,13H,3H2,1-2H3;/q;;+2/b;10-4+;. The van der Waals surface area contributed by atoms with Crippen LogP contribution in [0.3, 0.4) is 0 Å². The molecule has 0 unspecified atom stereocenters. The monoisotopic (exact) mass is 379 g/mol. The van der Waals surface area contributed by atoms with Crippen molar-refractivity contribution in [3.63, 3.8) is 0 Å². The molecule has 0 saturated carbocycles. The van der Waals surface area contributed by atoms with Gasteiger partial charge in [0.2, 0.25) is 11.2 Å². The summed E-state index contributed by atoms with van der Waals surface area (Å²) >= 11 is 0. The maximum Gasteiger partial charge on any atom is 2.00 e. The summed E-state index contributed by atoms with van der Waals surface area (Å²) in [6, 6.07) is 17.1. The Balaban J connectivity index is 0.000000203. The number of hydrogen-bond donors (Lipinski definition) is 0. The zero-order valence-electron chi connectivity index (χ0n) is 16.7. The summed E-state index contributed by atoms with van der Waals surface area (Å²) in [5.74, 6) is 0.0334. The third-order valence-corrected chi connectivity index (χ3v) is 4.57. The molecule has 5 heteroatoms. The van der Waals surface area contributed by atoms with Gasteiger partial charge >= 0.3 is 10.1 Å². The quantitative estimate of drug-likeness (QED) is 0.232. The van der Waals surface area contributed by atoms with E-state index in [1.54, 1.807) is 25.3 Å². The molecule has 140 valence electrons. The van der Waals surface area contributed by atoms with E-state index in [4.69, 9.17) is 0 Å². The Hall–Kier alpha value is -3.49. The first-order chi connectivity index (χ1) is 13.5. The molecule has 0 saturated heterocycles. The molecule has 0 radical (unpaired) electrons. The van der Waals surface area contributed by atoms with E-state index in [0.29, 0.717) is 5.57 Å². The van der Waals surface area contributed by atoms with Gasteiger partial charge < -0.3 is 10.2 Å². The fraction of sp³-hybridized carbons (Fsp3) is 0.0833. The van der Waals surface area contributed by atoms with E-state index in [2.05, 4.69) is 16.5 Å². The Kier molecular flexibility index (Phi) is 7.24. The summed E-state index contributed by atoms with van der Waals surface area (Å²) in [6.45, 7) is 7.40. The van der Waals surface area contributed by atoms with E-state index in [0.717, 1.165) is 32.9 Å². The molecule has 4 rings (SSSR count). The third kappa shape index (κ3) is 4.68. The van der Waals surface area contributed by atoms with Crippen LogP contribution in [0.5, 0.6) is 5.75 Å². The maximum absolute atomic E-state index is 11.8. The van der Waals surface area contributed by atoms with E-state index in [-0.39, 0.29) is 21.6 Å². The van der Waals surface area contributed by atoms with Gasteiger partial charge in [-0.2, -0.15) is 0 Å². The van der Waals surface area contributed by atoms with E-state index >= 15 is 0 Å². The molecular weight excluding hydrogens is 357 g/mol. The number of hydrogen-bond acceptors (Lipinski definition) is 2. The molecule has 2 N–H and O–H groups in total. The summed E-state index contributed by atoms with van der Waals surface area (Å²) in [6.07, 6.45) is 5.15. The molecule has 2 heterocycles. The van der Waals surface area contributed by atoms with Crippen molar-refractivity contribution in [3.05, 3.63) is 96.7 Å². The minimum absolute atomic E-state index is 0. The van der Waals surface area contributed by atoms with Crippen LogP contribution in [0.4, 0.5) is 0 Å². The Morgan fingerprint density at radius 2 is 1.59 bits per heavy atom. The Morgan fingerprint density at radius 1 is 0.931 bits per heavy atom. The van der Waals surface area contributed by atoms with Crippen molar-refractivity contribution in [2.45, 2.75) is 13.8 Å². The second-order valence-electron chi connectivity index (χ2n) is 6.41. The van der Waals surface area contributed by atoms with Crippen LogP contribution in [-0.2, 0) is 0 Å². The zero-order chi connectivity index (χ0) is 20.1. The zero-order valence-corrected chi connectivity index (χ0v) is 16.7. The van der Waals surface area contributed by atoms with Gasteiger partial charge in [0.1, 0.15) is 0 Å². The second-order valence-corrected chi connectivity index (χ2v) is 6.41. The average Bonchev–Trinajstić information content (AvgIpc) is 2.73. The van der Waals surface area contributed by atoms with Crippen molar-refractivity contribution in [1.82, 2.24) is 0 Å². The van der Waals surface area contributed by atoms with Crippen LogP contribution >= 0.6 is 0 Å². The maximum atomic E-state index is 11.8. The summed E-state index contributed by atoms with van der Waals surface area (Å²) in [4.78, 5) is 6.15. The van der Waals surface area contributed by atoms with Crippen LogP contribution in [0.15, 0.2) is 85.4 Å². The Morgan fingerprint density at radius 3 is 2.31 bits per heavy atom. The van der Waals surface area contributed by atoms with E-state index < -0.39 is 0 Å². The number of aromatic amines is 2. The fourth-order valence-electron chi connectivity index (χ4n) is 3.08. The molecule has 0 aliphatic rings. The number of aromatic nitrogens is 2. The molecule has 0 spiro atoms. The van der Waals surface area contributed by atoms with Crippen molar-refractivity contribution >= 4 is 37.4 Å². The molecule has 4 aromatic rings. The number of allylic oxidation sites excluding steroid dienone is 2. The van der Waals surface area contributed by atoms with Gasteiger partial charge in [-0.25, -0.2) is 9.97 Å². The molecule has 0 bridgehead atoms. The molecule has 2 aromatic carbocycles. The smallest absolute Gasteiger partial charge is 0.872 e. The number of H-pyrrole nitrogens is 2. The molecule has 29 heavy (non-hydrogen) atoms. The molecule has 2 aromatic heterocycles. The van der Waals surface area contributed by atoms with Crippen LogP contribution in [0.1, 0.15) is 18.2 Å². The first kappa shape index (κ1) is 21.8. The largest absolute Gasteiger partial charge is 2.00 e. The van der Waals surface area contributed by atoms with Crippen LogP contribution < -0.4 is 20.2 Å². The third-order valence-electron chi connectivity index (χ3n) is 4.57. The molecule has 0 aliphatic carbocycles. The van der Waals surface area contributed by atoms with Gasteiger partial charge in [0.15, 0.2) is 12.4 Å². The number of benzene rings is 2. The minimum Gasteiger partial charge on any atom is -0.872 e. The first-order valence-corrected chi connectivity index (χ1v) is 9.02. The summed E-state index contributed by atoms with van der Waals surface area (Å²) in [5.41, 5.74) is 3.27. The molecule has 0 fully saturated rings. The van der Waals surface area contributed by atoms with Gasteiger partial charge in [-0.1, -0.05) is 48.4 Å². The van der Waals surface area contributed by atoms with Crippen LogP contribution in [0.25, 0.3) is 27.2 Å². The van der Waals surface area contributed by atoms with Gasteiger partial charge in [0.05, 0.1) is 0 Å². The van der Waals surface area contributed by atoms with Gasteiger partial charge in [-0.15, -0.1) is 0 Å². The fourth-order valence-corrected chi connectivity index (χ4v) is 3.08. The van der Waals surface area contributed by atoms with Gasteiger partial charge in [0.25, 0.3) is 0 Å². The molecule has 0 aliphatic heterocycles. The number of nitrogens with one attached hydrogen (secondary N) is 2. The number of pyridine rings is 2. The summed E-state index contributed by atoms with van der Waals surface area (Å²) in [5, 5.41) is 25.9. The molecule has 4 nitrogen and oxygen atoms in total. The van der Waals surface area contributed by atoms with Gasteiger partial charge in [-0.05, 0) is 37.4 Å². The number of aryl methyl sites for hydroxylation is 1. The SMILES string of the molecule is C=C(/C([O-])=C\C)c1[nH+]cccc1C.[Be+2].[O-]c1cccc2ccc3ccc[nH+]c3c12. The Bertz CT molecular complexity index is 1190. The van der Waals surface area contributed by atoms with Crippen molar-refractivity contribution in [3.8, 4) is 5.75 Å². The van der Waals surface area contributed by atoms with Crippen molar-refractivity contribution in [2.24, 2.45) is 0 Å². The topological polar surface area (TPSA) is 74.4 Å². The Labute approximate surface area is 174 Å². The van der Waals surface area contributed by atoms with Crippen molar-refractivity contribution < 1.29 is 20.2 Å². The summed E-state index contributed by atoms with van der Waals surface area (Å²) in [7, 11) is 0. The number of fused-ring (bicyclic) bond motifs is 3. The predicted molar refractivity (Wildman–Crippen MR) is 114 cm³/mol. The number of rotatable bonds is 2. The van der Waals surface area contributed by atoms with Gasteiger partial charge in [-0.3, -0.25) is 0 Å². The molecule has 0 atom stereocenters. The van der Waals surface area contributed by atoms with Crippen molar-refractivity contribution in [2.75, 3.05) is 0 Å². The molecule has 0 amide bonds. The van der Waals surface area contributed by atoms with Gasteiger partial charge in [0, 0.05) is 34.0 Å². The second kappa shape index (κ2) is 9.63. The summed E-state index contributed by atoms with van der Waals surface area (Å²) < 4.78 is 0. The average molecular weight is 379 g/mol. The van der Waals surface area contributed by atoms with E-state index in [9.17, 15) is 10.2 Å². The van der Waals surface area contributed by atoms with Crippen molar-refractivity contribution in [1.29, 1.82) is 0 Å². The molecular formula is C24H22BeN2O2+2. The minimum atomic E-state index is -0.0365. The van der Waals surface area contributed by atoms with E-state index in [1.165, 1.54) is 6.08 Å². The van der Waals surface area contributed by atoms with Crippen LogP contribution in [0.2, 0.25) is 0 Å². The first-order valence-electron chi connectivity index (χ1n) is 9.02. The van der Waals surface area contributed by atoms with E-state index in [1.807, 2.05) is 55.6 Å². The normalized spacial score (nSPS) is 10.8.